The molecule has 0 radical (unpaired) electrons. The van der Waals surface area contributed by atoms with Gasteiger partial charge in [0, 0.05) is 10.9 Å². The second-order valence-corrected chi connectivity index (χ2v) is 4.53. The molecule has 3 rings (SSSR count). The first kappa shape index (κ1) is 11.7. The van der Waals surface area contributed by atoms with Gasteiger partial charge in [-0.2, -0.15) is 0 Å². The van der Waals surface area contributed by atoms with Gasteiger partial charge in [-0.3, -0.25) is 0 Å². The molecule has 0 aliphatic heterocycles. The quantitative estimate of drug-likeness (QED) is 0.683. The van der Waals surface area contributed by atoms with Gasteiger partial charge in [-0.25, -0.2) is 9.97 Å². The first-order valence-electron chi connectivity index (χ1n) is 5.88. The van der Waals surface area contributed by atoms with Gasteiger partial charge >= 0.3 is 0 Å². The molecule has 4 heteroatoms. The number of hydrogen-bond donors (Lipinski definition) is 1. The average molecular weight is 265 g/mol. The fraction of sp³-hybridized carbons (Fsp3) is 0. The minimum atomic E-state index is 0.282. The molecule has 0 saturated heterocycles. The van der Waals surface area contributed by atoms with E-state index in [1.54, 1.807) is 0 Å². The highest BCUT2D eigenvalue weighted by molar-refractivity contribution is 7.71. The Bertz CT molecular complexity index is 801. The van der Waals surface area contributed by atoms with Gasteiger partial charge in [0.15, 0.2) is 10.5 Å². The summed E-state index contributed by atoms with van der Waals surface area (Å²) in [7, 11) is 0. The van der Waals surface area contributed by atoms with Crippen molar-refractivity contribution in [2.45, 2.75) is 0 Å². The number of nitrogens with zero attached hydrogens (tertiary/aromatic N) is 2. The van der Waals surface area contributed by atoms with Crippen LogP contribution in [0, 0.1) is 4.64 Å². The van der Waals surface area contributed by atoms with Crippen LogP contribution in [0.15, 0.2) is 54.6 Å². The summed E-state index contributed by atoms with van der Waals surface area (Å²) in [5.74, 6) is 0.282. The van der Waals surface area contributed by atoms with Crippen LogP contribution in [0.2, 0.25) is 0 Å². The largest absolute Gasteiger partial charge is 0.381 e. The monoisotopic (exact) mass is 265 g/mol. The van der Waals surface area contributed by atoms with Crippen LogP contribution >= 0.6 is 12.2 Å². The molecule has 2 N–H and O–H groups in total. The Morgan fingerprint density at radius 1 is 0.842 bits per heavy atom. The van der Waals surface area contributed by atoms with E-state index < -0.39 is 0 Å². The van der Waals surface area contributed by atoms with Crippen LogP contribution in [0.1, 0.15) is 0 Å². The van der Waals surface area contributed by atoms with Crippen molar-refractivity contribution in [1.29, 1.82) is 0 Å². The Labute approximate surface area is 115 Å². The summed E-state index contributed by atoms with van der Waals surface area (Å²) in [5, 5.41) is 0.941. The van der Waals surface area contributed by atoms with Crippen molar-refractivity contribution in [1.82, 2.24) is 9.97 Å². The SMILES string of the molecule is Nc1nc(-c2ccccc2)c2ccccc2nc1=S. The number of nitrogen functional groups attached to an aromatic ring is 1. The summed E-state index contributed by atoms with van der Waals surface area (Å²) in [4.78, 5) is 8.80. The summed E-state index contributed by atoms with van der Waals surface area (Å²) < 4.78 is 0.332. The van der Waals surface area contributed by atoms with Gasteiger partial charge in [0.2, 0.25) is 0 Å². The highest BCUT2D eigenvalue weighted by atomic mass is 32.1. The van der Waals surface area contributed by atoms with Crippen LogP contribution in [-0.2, 0) is 0 Å². The molecule has 3 nitrogen and oxygen atoms in total. The summed E-state index contributed by atoms with van der Waals surface area (Å²) in [5.41, 5.74) is 8.48. The molecule has 0 bridgehead atoms. The standard InChI is InChI=1S/C15H11N3S/c16-14-15(19)17-12-9-5-4-8-11(12)13(18-14)10-6-2-1-3-7-10/h1-9H,(H2,16,17,18,19). The number of hydrogen-bond acceptors (Lipinski definition) is 4. The molecule has 0 spiro atoms. The molecule has 0 aliphatic rings. The minimum absolute atomic E-state index is 0.282. The van der Waals surface area contributed by atoms with Crippen molar-refractivity contribution in [3.8, 4) is 11.3 Å². The number of benzene rings is 2. The number of fused-ring (bicyclic) bond motifs is 1. The number of aromatic nitrogens is 2. The maximum Gasteiger partial charge on any atom is 0.168 e. The van der Waals surface area contributed by atoms with E-state index in [0.29, 0.717) is 4.64 Å². The molecule has 2 aromatic carbocycles. The van der Waals surface area contributed by atoms with E-state index in [2.05, 4.69) is 9.97 Å². The van der Waals surface area contributed by atoms with Crippen molar-refractivity contribution in [3.63, 3.8) is 0 Å². The topological polar surface area (TPSA) is 51.8 Å². The van der Waals surface area contributed by atoms with E-state index in [4.69, 9.17) is 18.0 Å². The molecule has 0 fully saturated rings. The lowest BCUT2D eigenvalue weighted by Crippen LogP contribution is -1.90. The Morgan fingerprint density at radius 2 is 1.53 bits per heavy atom. The molecule has 19 heavy (non-hydrogen) atoms. The lowest BCUT2D eigenvalue weighted by atomic mass is 10.1. The Balaban J connectivity index is 2.48. The van der Waals surface area contributed by atoms with Crippen LogP contribution in [0.25, 0.3) is 22.2 Å². The predicted octanol–water partition coefficient (Wildman–Crippen LogP) is 3.61. The van der Waals surface area contributed by atoms with E-state index in [1.807, 2.05) is 54.6 Å². The fourth-order valence-corrected chi connectivity index (χ4v) is 2.13. The third-order valence-corrected chi connectivity index (χ3v) is 3.18. The molecule has 1 aromatic heterocycles. The zero-order valence-corrected chi connectivity index (χ0v) is 10.9. The molecule has 3 aromatic rings. The van der Waals surface area contributed by atoms with Crippen LogP contribution in [-0.4, -0.2) is 9.97 Å². The van der Waals surface area contributed by atoms with Crippen LogP contribution in [0.4, 0.5) is 5.82 Å². The summed E-state index contributed by atoms with van der Waals surface area (Å²) in [6.07, 6.45) is 0. The molecule has 0 atom stereocenters. The molecule has 0 saturated carbocycles. The first-order chi connectivity index (χ1) is 9.25. The number of nitrogens with two attached hydrogens (primary N) is 1. The van der Waals surface area contributed by atoms with Gasteiger partial charge < -0.3 is 5.73 Å². The van der Waals surface area contributed by atoms with Gasteiger partial charge in [-0.05, 0) is 6.07 Å². The van der Waals surface area contributed by atoms with Gasteiger partial charge in [0.25, 0.3) is 0 Å². The zero-order chi connectivity index (χ0) is 13.2. The van der Waals surface area contributed by atoms with Crippen molar-refractivity contribution in [3.05, 3.63) is 59.2 Å². The van der Waals surface area contributed by atoms with E-state index >= 15 is 0 Å². The predicted molar refractivity (Wildman–Crippen MR) is 80.2 cm³/mol. The van der Waals surface area contributed by atoms with Crippen LogP contribution in [0.5, 0.6) is 0 Å². The van der Waals surface area contributed by atoms with Gasteiger partial charge in [-0.1, -0.05) is 60.7 Å². The summed E-state index contributed by atoms with van der Waals surface area (Å²) >= 11 is 5.16. The molecule has 92 valence electrons. The van der Waals surface area contributed by atoms with E-state index in [0.717, 1.165) is 22.2 Å². The molecule has 0 amide bonds. The molecule has 0 aliphatic carbocycles. The Kier molecular flexibility index (Phi) is 2.93. The van der Waals surface area contributed by atoms with Crippen molar-refractivity contribution >= 4 is 28.9 Å². The molecular formula is C15H11N3S. The Hall–Kier alpha value is -2.33. The smallest absolute Gasteiger partial charge is 0.168 e. The maximum absolute atomic E-state index is 5.88. The number of para-hydroxylation sites is 1. The van der Waals surface area contributed by atoms with Gasteiger partial charge in [-0.15, -0.1) is 0 Å². The Morgan fingerprint density at radius 3 is 2.32 bits per heavy atom. The second kappa shape index (κ2) is 4.74. The van der Waals surface area contributed by atoms with Crippen molar-refractivity contribution in [2.24, 2.45) is 0 Å². The second-order valence-electron chi connectivity index (χ2n) is 4.15. The highest BCUT2D eigenvalue weighted by Crippen LogP contribution is 2.25. The molecule has 1 heterocycles. The molecular weight excluding hydrogens is 254 g/mol. The third kappa shape index (κ3) is 2.18. The average Bonchev–Trinajstić information content (AvgIpc) is 2.58. The zero-order valence-electron chi connectivity index (χ0n) is 10.1. The van der Waals surface area contributed by atoms with E-state index in [-0.39, 0.29) is 5.82 Å². The normalized spacial score (nSPS) is 10.5. The van der Waals surface area contributed by atoms with E-state index in [1.165, 1.54) is 0 Å². The number of rotatable bonds is 1. The lowest BCUT2D eigenvalue weighted by Gasteiger charge is -2.01. The number of anilines is 1. The minimum Gasteiger partial charge on any atom is -0.381 e. The maximum atomic E-state index is 5.88. The first-order valence-corrected chi connectivity index (χ1v) is 6.28. The van der Waals surface area contributed by atoms with Crippen molar-refractivity contribution < 1.29 is 0 Å². The highest BCUT2D eigenvalue weighted by Gasteiger charge is 2.06. The van der Waals surface area contributed by atoms with Crippen LogP contribution in [0.3, 0.4) is 0 Å². The van der Waals surface area contributed by atoms with Crippen molar-refractivity contribution in [2.75, 3.05) is 5.73 Å². The van der Waals surface area contributed by atoms with Gasteiger partial charge in [0.05, 0.1) is 11.2 Å². The molecule has 0 unspecified atom stereocenters. The van der Waals surface area contributed by atoms with Crippen LogP contribution < -0.4 is 5.73 Å². The summed E-state index contributed by atoms with van der Waals surface area (Å²) in [6.45, 7) is 0. The fourth-order valence-electron chi connectivity index (χ4n) is 1.98. The lowest BCUT2D eigenvalue weighted by molar-refractivity contribution is 1.32. The van der Waals surface area contributed by atoms with Gasteiger partial charge in [0.1, 0.15) is 0 Å². The third-order valence-electron chi connectivity index (χ3n) is 2.88. The summed E-state index contributed by atoms with van der Waals surface area (Å²) in [6, 6.07) is 17.7. The van der Waals surface area contributed by atoms with E-state index in [9.17, 15) is 0 Å².